The molecule has 0 heterocycles. The van der Waals surface area contributed by atoms with Gasteiger partial charge < -0.3 is 15.3 Å². The summed E-state index contributed by atoms with van der Waals surface area (Å²) in [6.45, 7) is 0. The third kappa shape index (κ3) is 6.76. The van der Waals surface area contributed by atoms with Crippen molar-refractivity contribution in [2.75, 3.05) is 19.0 Å². The number of rotatable bonds is 7. The Morgan fingerprint density at radius 1 is 0.970 bits per heavy atom. The molecule has 0 saturated heterocycles. The van der Waals surface area contributed by atoms with Crippen LogP contribution in [0.2, 0.25) is 0 Å². The molecule has 3 rings (SSSR count). The molecule has 8 heteroatoms. The number of hydrogen-bond acceptors (Lipinski definition) is 5. The van der Waals surface area contributed by atoms with Crippen molar-refractivity contribution in [3.63, 3.8) is 0 Å². The molecule has 3 aromatic rings. The smallest absolute Gasteiger partial charge is 0.287 e. The molecule has 0 atom stereocenters. The zero-order valence-corrected chi connectivity index (χ0v) is 18.1. The van der Waals surface area contributed by atoms with Crippen molar-refractivity contribution in [1.82, 2.24) is 10.7 Å². The third-order valence-corrected chi connectivity index (χ3v) is 4.57. The Kier molecular flexibility index (Phi) is 7.54. The largest absolute Gasteiger partial charge is 0.508 e. The molecule has 7 nitrogen and oxygen atoms in total. The van der Waals surface area contributed by atoms with Gasteiger partial charge in [0.15, 0.2) is 0 Å². The third-order valence-electron chi connectivity index (χ3n) is 4.57. The van der Waals surface area contributed by atoms with Gasteiger partial charge in [0.25, 0.3) is 11.8 Å². The van der Waals surface area contributed by atoms with Gasteiger partial charge in [-0.15, -0.1) is 0 Å². The standard InChI is InChI=1S/C25H23FN4O3/c1-30(2)21-10-6-17(7-11-21)14-23(28-24(32)19-4-3-5-20(26)15-19)25(33)29-27-16-18-8-12-22(31)13-9-18/h3-16,31H,1-2H3,(H,28,32)(H,29,33)/b23-14-,27-16+. The highest BCUT2D eigenvalue weighted by Crippen LogP contribution is 2.15. The molecule has 0 unspecified atom stereocenters. The molecular weight excluding hydrogens is 423 g/mol. The van der Waals surface area contributed by atoms with Crippen LogP contribution in [0, 0.1) is 5.82 Å². The maximum Gasteiger partial charge on any atom is 0.287 e. The Labute approximate surface area is 190 Å². The molecule has 2 amide bonds. The van der Waals surface area contributed by atoms with Crippen molar-refractivity contribution in [1.29, 1.82) is 0 Å². The van der Waals surface area contributed by atoms with Gasteiger partial charge in [0.1, 0.15) is 17.3 Å². The van der Waals surface area contributed by atoms with Crippen LogP contribution in [-0.2, 0) is 4.79 Å². The number of carbonyl (C=O) groups excluding carboxylic acids is 2. The molecule has 0 fully saturated rings. The summed E-state index contributed by atoms with van der Waals surface area (Å²) in [5, 5.41) is 15.8. The summed E-state index contributed by atoms with van der Waals surface area (Å²) in [6, 6.07) is 18.8. The number of phenols is 1. The van der Waals surface area contributed by atoms with E-state index in [0.29, 0.717) is 11.1 Å². The molecule has 0 aliphatic carbocycles. The summed E-state index contributed by atoms with van der Waals surface area (Å²) >= 11 is 0. The first-order valence-electron chi connectivity index (χ1n) is 10.0. The number of benzene rings is 3. The van der Waals surface area contributed by atoms with E-state index in [2.05, 4.69) is 15.8 Å². The fraction of sp³-hybridized carbons (Fsp3) is 0.0800. The summed E-state index contributed by atoms with van der Waals surface area (Å²) in [5.41, 5.74) is 4.68. The van der Waals surface area contributed by atoms with E-state index in [1.165, 1.54) is 42.6 Å². The second kappa shape index (κ2) is 10.7. The first-order chi connectivity index (χ1) is 15.8. The zero-order chi connectivity index (χ0) is 23.8. The van der Waals surface area contributed by atoms with Crippen molar-refractivity contribution in [2.24, 2.45) is 5.10 Å². The van der Waals surface area contributed by atoms with Crippen molar-refractivity contribution in [3.8, 4) is 5.75 Å². The second-order valence-electron chi connectivity index (χ2n) is 7.30. The van der Waals surface area contributed by atoms with Gasteiger partial charge >= 0.3 is 0 Å². The fourth-order valence-corrected chi connectivity index (χ4v) is 2.80. The quantitative estimate of drug-likeness (QED) is 0.294. The molecular formula is C25H23FN4O3. The van der Waals surface area contributed by atoms with Crippen LogP contribution in [0.1, 0.15) is 21.5 Å². The van der Waals surface area contributed by atoms with Crippen LogP contribution in [0.3, 0.4) is 0 Å². The lowest BCUT2D eigenvalue weighted by Gasteiger charge is -2.12. The highest BCUT2D eigenvalue weighted by atomic mass is 19.1. The normalized spacial score (nSPS) is 11.3. The topological polar surface area (TPSA) is 94.0 Å². The van der Waals surface area contributed by atoms with Crippen LogP contribution in [0.4, 0.5) is 10.1 Å². The van der Waals surface area contributed by atoms with Crippen molar-refractivity contribution in [2.45, 2.75) is 0 Å². The summed E-state index contributed by atoms with van der Waals surface area (Å²) < 4.78 is 13.5. The monoisotopic (exact) mass is 446 g/mol. The Morgan fingerprint density at radius 3 is 2.27 bits per heavy atom. The maximum absolute atomic E-state index is 13.5. The molecule has 0 radical (unpaired) electrons. The van der Waals surface area contributed by atoms with Crippen LogP contribution in [0.25, 0.3) is 6.08 Å². The number of phenolic OH excluding ortho intramolecular Hbond substituents is 1. The van der Waals surface area contributed by atoms with Gasteiger partial charge in [0.05, 0.1) is 6.21 Å². The minimum atomic E-state index is -0.661. The number of amides is 2. The van der Waals surface area contributed by atoms with Crippen LogP contribution in [0.15, 0.2) is 83.6 Å². The fourth-order valence-electron chi connectivity index (χ4n) is 2.80. The molecule has 0 bridgehead atoms. The van der Waals surface area contributed by atoms with E-state index in [0.717, 1.165) is 11.8 Å². The van der Waals surface area contributed by atoms with Gasteiger partial charge in [-0.05, 0) is 71.8 Å². The molecule has 0 spiro atoms. The van der Waals surface area contributed by atoms with Gasteiger partial charge in [-0.2, -0.15) is 5.10 Å². The van der Waals surface area contributed by atoms with Gasteiger partial charge in [-0.25, -0.2) is 9.82 Å². The molecule has 0 aliphatic rings. The summed E-state index contributed by atoms with van der Waals surface area (Å²) in [5.74, 6) is -1.74. The summed E-state index contributed by atoms with van der Waals surface area (Å²) in [6.07, 6.45) is 2.90. The lowest BCUT2D eigenvalue weighted by atomic mass is 10.1. The SMILES string of the molecule is CN(C)c1ccc(/C=C(\NC(=O)c2cccc(F)c2)C(=O)N/N=C/c2ccc(O)cc2)cc1. The van der Waals surface area contributed by atoms with E-state index < -0.39 is 17.6 Å². The van der Waals surface area contributed by atoms with Crippen molar-refractivity contribution >= 4 is 29.8 Å². The minimum Gasteiger partial charge on any atom is -0.508 e. The summed E-state index contributed by atoms with van der Waals surface area (Å²) in [7, 11) is 3.82. The van der Waals surface area contributed by atoms with Crippen LogP contribution < -0.4 is 15.6 Å². The van der Waals surface area contributed by atoms with Gasteiger partial charge in [-0.1, -0.05) is 18.2 Å². The number of nitrogens with zero attached hydrogens (tertiary/aromatic N) is 2. The lowest BCUT2D eigenvalue weighted by Crippen LogP contribution is -2.32. The molecule has 0 saturated carbocycles. The molecule has 0 aromatic heterocycles. The Morgan fingerprint density at radius 2 is 1.64 bits per heavy atom. The number of halogens is 1. The minimum absolute atomic E-state index is 0.0651. The number of carbonyl (C=O) groups is 2. The van der Waals surface area contributed by atoms with Gasteiger partial charge in [0, 0.05) is 25.3 Å². The number of hydrogen-bond donors (Lipinski definition) is 3. The lowest BCUT2D eigenvalue weighted by molar-refractivity contribution is -0.117. The molecule has 168 valence electrons. The average molecular weight is 446 g/mol. The van der Waals surface area contributed by atoms with Crippen LogP contribution in [0.5, 0.6) is 5.75 Å². The van der Waals surface area contributed by atoms with Crippen molar-refractivity contribution in [3.05, 3.63) is 101 Å². The molecule has 33 heavy (non-hydrogen) atoms. The van der Waals surface area contributed by atoms with E-state index >= 15 is 0 Å². The van der Waals surface area contributed by atoms with Crippen molar-refractivity contribution < 1.29 is 19.1 Å². The summed E-state index contributed by atoms with van der Waals surface area (Å²) in [4.78, 5) is 27.3. The predicted molar refractivity (Wildman–Crippen MR) is 126 cm³/mol. The van der Waals surface area contributed by atoms with E-state index in [1.807, 2.05) is 31.1 Å². The van der Waals surface area contributed by atoms with E-state index in [9.17, 15) is 19.1 Å². The Hall–Kier alpha value is -4.46. The first-order valence-corrected chi connectivity index (χ1v) is 10.0. The highest BCUT2D eigenvalue weighted by molar-refractivity contribution is 6.05. The first kappa shape index (κ1) is 23.2. The number of anilines is 1. The Balaban J connectivity index is 1.82. The van der Waals surface area contributed by atoms with Crippen LogP contribution >= 0.6 is 0 Å². The number of aromatic hydroxyl groups is 1. The average Bonchev–Trinajstić information content (AvgIpc) is 2.80. The Bertz CT molecular complexity index is 1190. The zero-order valence-electron chi connectivity index (χ0n) is 18.1. The number of hydrazone groups is 1. The maximum atomic E-state index is 13.5. The number of nitrogens with one attached hydrogen (secondary N) is 2. The van der Waals surface area contributed by atoms with E-state index in [1.54, 1.807) is 24.3 Å². The predicted octanol–water partition coefficient (Wildman–Crippen LogP) is 3.52. The van der Waals surface area contributed by atoms with E-state index in [-0.39, 0.29) is 17.0 Å². The van der Waals surface area contributed by atoms with Gasteiger partial charge in [-0.3, -0.25) is 9.59 Å². The van der Waals surface area contributed by atoms with E-state index in [4.69, 9.17) is 0 Å². The van der Waals surface area contributed by atoms with Gasteiger partial charge in [0.2, 0.25) is 0 Å². The van der Waals surface area contributed by atoms with Crippen LogP contribution in [-0.4, -0.2) is 37.2 Å². The second-order valence-corrected chi connectivity index (χ2v) is 7.30. The molecule has 3 aromatic carbocycles. The molecule has 0 aliphatic heterocycles. The molecule has 3 N–H and O–H groups in total. The highest BCUT2D eigenvalue weighted by Gasteiger charge is 2.15.